The molecule has 0 amide bonds. The van der Waals surface area contributed by atoms with E-state index in [0.717, 1.165) is 24.3 Å². The normalized spacial score (nSPS) is 20.4. The van der Waals surface area contributed by atoms with Crippen molar-refractivity contribution in [1.29, 1.82) is 0 Å². The Kier molecular flexibility index (Phi) is 5.49. The Morgan fingerprint density at radius 3 is 2.59 bits per heavy atom. The third kappa shape index (κ3) is 4.12. The van der Waals surface area contributed by atoms with Gasteiger partial charge in [-0.15, -0.1) is 0 Å². The second-order valence-electron chi connectivity index (χ2n) is 6.23. The highest BCUT2D eigenvalue weighted by Crippen LogP contribution is 2.29. The first-order valence-electron chi connectivity index (χ1n) is 8.21. The van der Waals surface area contributed by atoms with Crippen LogP contribution < -0.4 is 10.0 Å². The average Bonchev–Trinajstić information content (AvgIpc) is 2.64. The summed E-state index contributed by atoms with van der Waals surface area (Å²) in [4.78, 5) is 9.94. The number of nitrogens with one attached hydrogen (secondary N) is 2. The number of piperidine rings is 1. The van der Waals surface area contributed by atoms with Crippen LogP contribution in [-0.4, -0.2) is 32.5 Å². The third-order valence-electron chi connectivity index (χ3n) is 4.51. The summed E-state index contributed by atoms with van der Waals surface area (Å²) in [5.74, 6) is -2.39. The lowest BCUT2D eigenvalue weighted by molar-refractivity contribution is -0.387. The van der Waals surface area contributed by atoms with Gasteiger partial charge in [0.2, 0.25) is 10.0 Å². The lowest BCUT2D eigenvalue weighted by Gasteiger charge is -2.33. The van der Waals surface area contributed by atoms with Crippen molar-refractivity contribution < 1.29 is 22.1 Å². The lowest BCUT2D eigenvalue weighted by atomic mass is 9.86. The summed E-state index contributed by atoms with van der Waals surface area (Å²) in [5.41, 5.74) is -0.0659. The number of sulfonamides is 1. The number of benzene rings is 2. The zero-order valence-electron chi connectivity index (χ0n) is 14.1. The van der Waals surface area contributed by atoms with Gasteiger partial charge < -0.3 is 5.32 Å². The second-order valence-corrected chi connectivity index (χ2v) is 7.91. The molecule has 2 N–H and O–H groups in total. The summed E-state index contributed by atoms with van der Waals surface area (Å²) in [6.45, 7) is 0.830. The van der Waals surface area contributed by atoms with Crippen molar-refractivity contribution in [3.63, 3.8) is 0 Å². The van der Waals surface area contributed by atoms with E-state index in [-0.39, 0.29) is 6.54 Å². The van der Waals surface area contributed by atoms with Crippen molar-refractivity contribution in [3.8, 4) is 0 Å². The van der Waals surface area contributed by atoms with Gasteiger partial charge >= 0.3 is 0 Å². The van der Waals surface area contributed by atoms with Crippen LogP contribution in [0, 0.1) is 21.7 Å². The summed E-state index contributed by atoms with van der Waals surface area (Å²) < 4.78 is 54.8. The number of nitrogens with zero attached hydrogens (tertiary/aromatic N) is 1. The summed E-state index contributed by atoms with van der Waals surface area (Å²) in [6, 6.07) is 7.84. The van der Waals surface area contributed by atoms with Gasteiger partial charge in [0.05, 0.1) is 4.92 Å². The lowest BCUT2D eigenvalue weighted by Crippen LogP contribution is -2.50. The predicted molar refractivity (Wildman–Crippen MR) is 93.8 cm³/mol. The zero-order valence-corrected chi connectivity index (χ0v) is 14.9. The molecule has 10 heteroatoms. The summed E-state index contributed by atoms with van der Waals surface area (Å²) in [7, 11) is -4.19. The van der Waals surface area contributed by atoms with Crippen molar-refractivity contribution >= 4 is 15.7 Å². The highest BCUT2D eigenvalue weighted by atomic mass is 32.2. The molecule has 0 aromatic heterocycles. The smallest absolute Gasteiger partial charge is 0.289 e. The molecule has 0 saturated carbocycles. The van der Waals surface area contributed by atoms with Crippen LogP contribution in [-0.2, 0) is 10.0 Å². The number of hydrogen-bond donors (Lipinski definition) is 2. The number of hydrogen-bond acceptors (Lipinski definition) is 5. The molecule has 1 fully saturated rings. The van der Waals surface area contributed by atoms with Gasteiger partial charge in [-0.2, -0.15) is 0 Å². The predicted octanol–water partition coefficient (Wildman–Crippen LogP) is 2.30. The van der Waals surface area contributed by atoms with Crippen LogP contribution in [0.3, 0.4) is 0 Å². The molecule has 7 nitrogen and oxygen atoms in total. The molecule has 0 unspecified atom stereocenters. The van der Waals surface area contributed by atoms with E-state index >= 15 is 0 Å². The van der Waals surface area contributed by atoms with Crippen LogP contribution in [0.15, 0.2) is 47.4 Å². The van der Waals surface area contributed by atoms with Crippen LogP contribution in [0.2, 0.25) is 0 Å². The molecule has 144 valence electrons. The monoisotopic (exact) mass is 397 g/mol. The number of nitro groups is 1. The van der Waals surface area contributed by atoms with Crippen LogP contribution >= 0.6 is 0 Å². The zero-order chi connectivity index (χ0) is 19.6. The molecular formula is C17H17F2N3O4S. The topological polar surface area (TPSA) is 101 Å². The van der Waals surface area contributed by atoms with E-state index in [1.54, 1.807) is 0 Å². The number of nitro benzene ring substituents is 1. The highest BCUT2D eigenvalue weighted by Gasteiger charge is 2.33. The van der Waals surface area contributed by atoms with Crippen LogP contribution in [0.1, 0.15) is 17.9 Å². The number of para-hydroxylation sites is 1. The molecule has 2 atom stereocenters. The first-order valence-corrected chi connectivity index (χ1v) is 9.69. The van der Waals surface area contributed by atoms with Gasteiger partial charge in [-0.3, -0.25) is 10.1 Å². The molecule has 2 aromatic carbocycles. The molecule has 3 rings (SSSR count). The Balaban J connectivity index is 1.92. The summed E-state index contributed by atoms with van der Waals surface area (Å²) >= 11 is 0. The molecule has 1 saturated heterocycles. The molecule has 0 bridgehead atoms. The van der Waals surface area contributed by atoms with Crippen molar-refractivity contribution in [2.24, 2.45) is 0 Å². The standard InChI is InChI=1S/C17H17F2N3O4S/c18-13-6-5-11(9-14(13)19)12-7-8-20-10-15(12)21-27(25,26)17-4-2-1-3-16(17)22(23)24/h1-6,9,12,15,20-21H,7-8,10H2/t12-,15-/m0/s1. The molecule has 1 aliphatic heterocycles. The van der Waals surface area contributed by atoms with Crippen LogP contribution in [0.25, 0.3) is 0 Å². The first-order chi connectivity index (χ1) is 12.8. The Morgan fingerprint density at radius 1 is 1.15 bits per heavy atom. The molecule has 1 aliphatic rings. The minimum atomic E-state index is -4.19. The fourth-order valence-corrected chi connectivity index (χ4v) is 4.67. The van der Waals surface area contributed by atoms with Crippen molar-refractivity contribution in [2.75, 3.05) is 13.1 Å². The SMILES string of the molecule is O=[N+]([O-])c1ccccc1S(=O)(=O)N[C@H]1CNCC[C@H]1c1ccc(F)c(F)c1. The maximum absolute atomic E-state index is 13.6. The molecule has 27 heavy (non-hydrogen) atoms. The summed E-state index contributed by atoms with van der Waals surface area (Å²) in [6.07, 6.45) is 0.495. The Bertz CT molecular complexity index is 968. The second kappa shape index (κ2) is 7.67. The van der Waals surface area contributed by atoms with Crippen LogP contribution in [0.4, 0.5) is 14.5 Å². The van der Waals surface area contributed by atoms with Crippen LogP contribution in [0.5, 0.6) is 0 Å². The highest BCUT2D eigenvalue weighted by molar-refractivity contribution is 7.89. The van der Waals surface area contributed by atoms with E-state index in [1.165, 1.54) is 18.2 Å². The van der Waals surface area contributed by atoms with Gasteiger partial charge in [-0.05, 0) is 36.7 Å². The molecular weight excluding hydrogens is 380 g/mol. The Morgan fingerprint density at radius 2 is 1.89 bits per heavy atom. The number of halogens is 2. The average molecular weight is 397 g/mol. The van der Waals surface area contributed by atoms with E-state index in [1.807, 2.05) is 0 Å². The summed E-state index contributed by atoms with van der Waals surface area (Å²) in [5, 5.41) is 14.2. The van der Waals surface area contributed by atoms with E-state index < -0.39 is 49.1 Å². The quantitative estimate of drug-likeness (QED) is 0.596. The molecule has 0 radical (unpaired) electrons. The molecule has 0 spiro atoms. The van der Waals surface area contributed by atoms with E-state index in [9.17, 15) is 27.3 Å². The van der Waals surface area contributed by atoms with Crippen molar-refractivity contribution in [1.82, 2.24) is 10.0 Å². The van der Waals surface area contributed by atoms with Gasteiger partial charge in [0.25, 0.3) is 5.69 Å². The molecule has 2 aromatic rings. The minimum Gasteiger partial charge on any atom is -0.315 e. The first kappa shape index (κ1) is 19.3. The van der Waals surface area contributed by atoms with E-state index in [4.69, 9.17) is 0 Å². The fraction of sp³-hybridized carbons (Fsp3) is 0.294. The Hall–Kier alpha value is -2.43. The minimum absolute atomic E-state index is 0.253. The largest absolute Gasteiger partial charge is 0.315 e. The molecule has 1 heterocycles. The van der Waals surface area contributed by atoms with E-state index in [2.05, 4.69) is 10.0 Å². The maximum Gasteiger partial charge on any atom is 0.289 e. The molecule has 0 aliphatic carbocycles. The van der Waals surface area contributed by atoms with E-state index in [0.29, 0.717) is 18.5 Å². The van der Waals surface area contributed by atoms with Gasteiger partial charge in [0.15, 0.2) is 16.5 Å². The van der Waals surface area contributed by atoms with Crippen molar-refractivity contribution in [3.05, 3.63) is 69.8 Å². The fourth-order valence-electron chi connectivity index (χ4n) is 3.22. The van der Waals surface area contributed by atoms with Gasteiger partial charge in [-0.1, -0.05) is 18.2 Å². The van der Waals surface area contributed by atoms with Gasteiger partial charge in [0.1, 0.15) is 0 Å². The van der Waals surface area contributed by atoms with Gasteiger partial charge in [0, 0.05) is 24.6 Å². The maximum atomic E-state index is 13.6. The third-order valence-corrected chi connectivity index (χ3v) is 6.05. The van der Waals surface area contributed by atoms with Crippen molar-refractivity contribution in [2.45, 2.75) is 23.3 Å². The number of rotatable bonds is 5. The Labute approximate surface area is 154 Å². The van der Waals surface area contributed by atoms with Gasteiger partial charge in [-0.25, -0.2) is 21.9 Å².